The molecule has 0 atom stereocenters. The normalized spacial score (nSPS) is 10.2. The molecule has 1 heterocycles. The summed E-state index contributed by atoms with van der Waals surface area (Å²) in [7, 11) is 4.06. The van der Waals surface area contributed by atoms with Crippen molar-refractivity contribution < 1.29 is 0 Å². The van der Waals surface area contributed by atoms with Crippen molar-refractivity contribution in [3.63, 3.8) is 0 Å². The minimum atomic E-state index is 1.01. The Balaban J connectivity index is 1.92. The summed E-state index contributed by atoms with van der Waals surface area (Å²) < 4.78 is 0. The summed E-state index contributed by atoms with van der Waals surface area (Å²) in [5.74, 6) is 0. The topological polar surface area (TPSA) is 31.1 Å². The Morgan fingerprint density at radius 1 is 1.18 bits per heavy atom. The zero-order chi connectivity index (χ0) is 12.1. The van der Waals surface area contributed by atoms with Crippen LogP contribution in [0.15, 0.2) is 42.6 Å². The fourth-order valence-corrected chi connectivity index (χ4v) is 1.82. The lowest BCUT2D eigenvalue weighted by molar-refractivity contribution is 0.859. The highest BCUT2D eigenvalue weighted by atomic mass is 15.1. The highest BCUT2D eigenvalue weighted by Gasteiger charge is 2.01. The number of benzene rings is 1. The van der Waals surface area contributed by atoms with Crippen LogP contribution in [-0.2, 0) is 6.42 Å². The molecule has 0 amide bonds. The van der Waals surface area contributed by atoms with Gasteiger partial charge in [-0.3, -0.25) is 0 Å². The van der Waals surface area contributed by atoms with Gasteiger partial charge in [-0.05, 0) is 36.4 Å². The standard InChI is InChI=1S/C14H19N3/c1-15-12-5-7-14(8-6-12)17(2)11-9-13-4-3-10-16-13/h3-8,10,15-16H,9,11H2,1-2H3. The third-order valence-electron chi connectivity index (χ3n) is 2.98. The van der Waals surface area contributed by atoms with Gasteiger partial charge in [-0.25, -0.2) is 0 Å². The van der Waals surface area contributed by atoms with E-state index in [0.717, 1.165) is 18.7 Å². The second-order valence-corrected chi connectivity index (χ2v) is 4.16. The number of hydrogen-bond donors (Lipinski definition) is 2. The lowest BCUT2D eigenvalue weighted by Gasteiger charge is -2.19. The van der Waals surface area contributed by atoms with Crippen molar-refractivity contribution in [2.45, 2.75) is 6.42 Å². The summed E-state index contributed by atoms with van der Waals surface area (Å²) in [5.41, 5.74) is 3.67. The molecular weight excluding hydrogens is 210 g/mol. The highest BCUT2D eigenvalue weighted by molar-refractivity contribution is 5.54. The number of H-pyrrole nitrogens is 1. The van der Waals surface area contributed by atoms with Crippen LogP contribution in [0.1, 0.15) is 5.69 Å². The van der Waals surface area contributed by atoms with E-state index in [9.17, 15) is 0 Å². The molecule has 90 valence electrons. The molecule has 0 aliphatic carbocycles. The van der Waals surface area contributed by atoms with Gasteiger partial charge in [0.05, 0.1) is 0 Å². The largest absolute Gasteiger partial charge is 0.388 e. The van der Waals surface area contributed by atoms with Gasteiger partial charge < -0.3 is 15.2 Å². The Bertz CT molecular complexity index is 431. The van der Waals surface area contributed by atoms with E-state index in [0.29, 0.717) is 0 Å². The molecule has 3 heteroatoms. The van der Waals surface area contributed by atoms with Crippen LogP contribution in [0.5, 0.6) is 0 Å². The van der Waals surface area contributed by atoms with Gasteiger partial charge in [0.25, 0.3) is 0 Å². The number of aromatic nitrogens is 1. The Hall–Kier alpha value is -1.90. The second-order valence-electron chi connectivity index (χ2n) is 4.16. The van der Waals surface area contributed by atoms with Crippen molar-refractivity contribution in [2.75, 3.05) is 30.9 Å². The van der Waals surface area contributed by atoms with Crippen molar-refractivity contribution in [3.05, 3.63) is 48.3 Å². The number of likely N-dealkylation sites (N-methyl/N-ethyl adjacent to an activating group) is 1. The molecule has 1 aromatic heterocycles. The van der Waals surface area contributed by atoms with E-state index in [1.807, 2.05) is 19.3 Å². The molecule has 0 spiro atoms. The Labute approximate surface area is 102 Å². The molecule has 0 unspecified atom stereocenters. The van der Waals surface area contributed by atoms with E-state index in [1.54, 1.807) is 0 Å². The molecule has 0 saturated heterocycles. The van der Waals surface area contributed by atoms with Crippen LogP contribution in [0.4, 0.5) is 11.4 Å². The predicted molar refractivity (Wildman–Crippen MR) is 73.8 cm³/mol. The van der Waals surface area contributed by atoms with Crippen molar-refractivity contribution in [3.8, 4) is 0 Å². The summed E-state index contributed by atoms with van der Waals surface area (Å²) in [6, 6.07) is 12.6. The molecule has 0 bridgehead atoms. The molecule has 0 radical (unpaired) electrons. The smallest absolute Gasteiger partial charge is 0.0365 e. The van der Waals surface area contributed by atoms with E-state index >= 15 is 0 Å². The molecule has 2 N–H and O–H groups in total. The molecule has 2 aromatic rings. The number of anilines is 2. The van der Waals surface area contributed by atoms with Gasteiger partial charge in [-0.15, -0.1) is 0 Å². The number of aromatic amines is 1. The molecule has 0 saturated carbocycles. The number of rotatable bonds is 5. The van der Waals surface area contributed by atoms with E-state index in [1.165, 1.54) is 11.4 Å². The fourth-order valence-electron chi connectivity index (χ4n) is 1.82. The maximum absolute atomic E-state index is 3.23. The zero-order valence-electron chi connectivity index (χ0n) is 10.4. The highest BCUT2D eigenvalue weighted by Crippen LogP contribution is 2.16. The molecule has 2 rings (SSSR count). The van der Waals surface area contributed by atoms with Gasteiger partial charge in [0.1, 0.15) is 0 Å². The van der Waals surface area contributed by atoms with Crippen molar-refractivity contribution in [1.29, 1.82) is 0 Å². The Morgan fingerprint density at radius 2 is 1.94 bits per heavy atom. The average Bonchev–Trinajstić information content (AvgIpc) is 2.89. The molecular formula is C14H19N3. The van der Waals surface area contributed by atoms with Gasteiger partial charge in [0.15, 0.2) is 0 Å². The van der Waals surface area contributed by atoms with Crippen LogP contribution in [0.25, 0.3) is 0 Å². The summed E-state index contributed by atoms with van der Waals surface area (Å²) in [4.78, 5) is 5.49. The summed E-state index contributed by atoms with van der Waals surface area (Å²) in [5, 5.41) is 3.12. The SMILES string of the molecule is CNc1ccc(N(C)CCc2ccc[nH]2)cc1. The zero-order valence-corrected chi connectivity index (χ0v) is 10.4. The van der Waals surface area contributed by atoms with Crippen molar-refractivity contribution >= 4 is 11.4 Å². The monoisotopic (exact) mass is 229 g/mol. The Morgan fingerprint density at radius 3 is 2.53 bits per heavy atom. The minimum absolute atomic E-state index is 1.01. The summed E-state index contributed by atoms with van der Waals surface area (Å²) >= 11 is 0. The molecule has 1 aromatic carbocycles. The van der Waals surface area contributed by atoms with Gasteiger partial charge in [-0.2, -0.15) is 0 Å². The Kier molecular flexibility index (Phi) is 3.70. The number of nitrogens with one attached hydrogen (secondary N) is 2. The summed E-state index contributed by atoms with van der Waals surface area (Å²) in [6.45, 7) is 1.01. The average molecular weight is 229 g/mol. The maximum atomic E-state index is 3.23. The fraction of sp³-hybridized carbons (Fsp3) is 0.286. The van der Waals surface area contributed by atoms with Crippen molar-refractivity contribution in [2.24, 2.45) is 0 Å². The van der Waals surface area contributed by atoms with Crippen LogP contribution < -0.4 is 10.2 Å². The molecule has 0 aliphatic rings. The van der Waals surface area contributed by atoms with Crippen LogP contribution >= 0.6 is 0 Å². The lowest BCUT2D eigenvalue weighted by atomic mass is 10.2. The predicted octanol–water partition coefficient (Wildman–Crippen LogP) is 2.74. The third-order valence-corrected chi connectivity index (χ3v) is 2.98. The van der Waals surface area contributed by atoms with Crippen LogP contribution in [0.2, 0.25) is 0 Å². The van der Waals surface area contributed by atoms with E-state index in [-0.39, 0.29) is 0 Å². The lowest BCUT2D eigenvalue weighted by Crippen LogP contribution is -2.20. The van der Waals surface area contributed by atoms with Gasteiger partial charge >= 0.3 is 0 Å². The summed E-state index contributed by atoms with van der Waals surface area (Å²) in [6.07, 6.45) is 3.01. The first-order chi connectivity index (χ1) is 8.29. The first kappa shape index (κ1) is 11.6. The van der Waals surface area contributed by atoms with Crippen LogP contribution in [-0.4, -0.2) is 25.6 Å². The van der Waals surface area contributed by atoms with Gasteiger partial charge in [0, 0.05) is 50.3 Å². The van der Waals surface area contributed by atoms with Crippen LogP contribution in [0, 0.1) is 0 Å². The molecule has 3 nitrogen and oxygen atoms in total. The first-order valence-corrected chi connectivity index (χ1v) is 5.91. The number of hydrogen-bond acceptors (Lipinski definition) is 2. The quantitative estimate of drug-likeness (QED) is 0.826. The third kappa shape index (κ3) is 3.03. The molecule has 0 aliphatic heterocycles. The maximum Gasteiger partial charge on any atom is 0.0365 e. The van der Waals surface area contributed by atoms with E-state index in [2.05, 4.69) is 52.6 Å². The van der Waals surface area contributed by atoms with E-state index < -0.39 is 0 Å². The van der Waals surface area contributed by atoms with Gasteiger partial charge in [0.2, 0.25) is 0 Å². The molecule has 0 fully saturated rings. The first-order valence-electron chi connectivity index (χ1n) is 5.91. The van der Waals surface area contributed by atoms with Gasteiger partial charge in [-0.1, -0.05) is 0 Å². The van der Waals surface area contributed by atoms with Crippen LogP contribution in [0.3, 0.4) is 0 Å². The number of nitrogens with zero attached hydrogens (tertiary/aromatic N) is 1. The minimum Gasteiger partial charge on any atom is -0.388 e. The second kappa shape index (κ2) is 5.43. The van der Waals surface area contributed by atoms with E-state index in [4.69, 9.17) is 0 Å². The molecule has 17 heavy (non-hydrogen) atoms. The van der Waals surface area contributed by atoms with Crippen molar-refractivity contribution in [1.82, 2.24) is 4.98 Å².